The second-order valence-electron chi connectivity index (χ2n) is 20.6. The van der Waals surface area contributed by atoms with Gasteiger partial charge in [-0.25, -0.2) is 22.6 Å². The summed E-state index contributed by atoms with van der Waals surface area (Å²) in [6.07, 6.45) is -9.28. The molecule has 5 aliphatic rings. The minimum absolute atomic E-state index is 0.0218. The summed E-state index contributed by atoms with van der Waals surface area (Å²) >= 11 is 3.91. The van der Waals surface area contributed by atoms with E-state index in [2.05, 4.69) is 20.0 Å². The Balaban J connectivity index is 0.000000179. The minimum atomic E-state index is -4.65. The van der Waals surface area contributed by atoms with E-state index in [0.717, 1.165) is 46.8 Å². The molecular weight excluding hydrogens is 1210 g/mol. The Hall–Kier alpha value is -5.12. The average molecular weight is 1270 g/mol. The molecule has 424 valence electrons. The number of benzene rings is 3. The zero-order valence-electron chi connectivity index (χ0n) is 43.8. The third-order valence-corrected chi connectivity index (χ3v) is 17.1. The van der Waals surface area contributed by atoms with Crippen molar-refractivity contribution in [2.24, 2.45) is 27.6 Å². The monoisotopic (exact) mass is 1270 g/mol. The molecule has 7 heterocycles. The van der Waals surface area contributed by atoms with Gasteiger partial charge < -0.3 is 24.5 Å². The number of nitrogens with two attached hydrogens (primary N) is 1. The molecule has 3 fully saturated rings. The Morgan fingerprint density at radius 1 is 0.713 bits per heavy atom. The molecule has 2 aromatic heterocycles. The maximum absolute atomic E-state index is 15.5. The first-order chi connectivity index (χ1) is 37.6. The van der Waals surface area contributed by atoms with Gasteiger partial charge in [0, 0.05) is 56.5 Å². The molecule has 5 aromatic rings. The zero-order valence-corrected chi connectivity index (χ0v) is 47.6. The highest BCUT2D eigenvalue weighted by atomic mass is 127. The first-order valence-electron chi connectivity index (χ1n) is 24.9. The number of halogens is 11. The van der Waals surface area contributed by atoms with Crippen LogP contribution in [0.25, 0.3) is 17.7 Å². The number of Topliss-reactive ketones (excluding diaryl/α,β-unsaturated/α-hetero) is 1. The van der Waals surface area contributed by atoms with Gasteiger partial charge in [0.05, 0.1) is 47.3 Å². The van der Waals surface area contributed by atoms with Gasteiger partial charge in [-0.3, -0.25) is 19.8 Å². The SMILES string of the molecule is CC1(C)OB(c2ccc(F)c([C@]34CO[C@H](C(F)(F)F)[C@H]3CSC(CC(=O)c3ccccc3)=N4)c2)OC1(C)C.Cc1ccc(/C(F)=C/I)nc1.Cc1ccc(/C(F)=C/c2ccc(F)c([C@]34CO[C@H](C(F)(F)F)[C@H]3CSC(N)=N4)c2)nc1. The van der Waals surface area contributed by atoms with Crippen molar-refractivity contribution in [3.63, 3.8) is 0 Å². The number of nitrogens with zero attached hydrogens (tertiary/aromatic N) is 4. The van der Waals surface area contributed by atoms with Gasteiger partial charge >= 0.3 is 19.5 Å². The van der Waals surface area contributed by atoms with Crippen molar-refractivity contribution in [2.45, 2.75) is 94.8 Å². The van der Waals surface area contributed by atoms with E-state index >= 15 is 4.39 Å². The van der Waals surface area contributed by atoms with Crippen molar-refractivity contribution in [1.82, 2.24) is 9.97 Å². The fourth-order valence-electron chi connectivity index (χ4n) is 9.64. The van der Waals surface area contributed by atoms with Crippen LogP contribution in [0.4, 0.5) is 43.9 Å². The van der Waals surface area contributed by atoms with Crippen molar-refractivity contribution < 1.29 is 67.5 Å². The number of rotatable bonds is 9. The van der Waals surface area contributed by atoms with Gasteiger partial charge in [0.15, 0.2) is 29.0 Å². The number of aryl methyl sites for hydroxylation is 2. The van der Waals surface area contributed by atoms with E-state index in [0.29, 0.717) is 21.8 Å². The molecule has 3 saturated heterocycles. The first-order valence-corrected chi connectivity index (χ1v) is 28.1. The number of ketones is 1. The van der Waals surface area contributed by atoms with E-state index in [1.54, 1.807) is 48.7 Å². The molecule has 10 rings (SSSR count). The van der Waals surface area contributed by atoms with E-state index in [1.807, 2.05) is 70.2 Å². The first kappa shape index (κ1) is 61.0. The Kier molecular flexibility index (Phi) is 18.3. The molecule has 0 spiro atoms. The lowest BCUT2D eigenvalue weighted by atomic mass is 9.73. The summed E-state index contributed by atoms with van der Waals surface area (Å²) in [6, 6.07) is 23.2. The molecule has 6 atom stereocenters. The van der Waals surface area contributed by atoms with Crippen LogP contribution in [-0.2, 0) is 29.9 Å². The number of hydrogen-bond acceptors (Lipinski definition) is 12. The lowest BCUT2D eigenvalue weighted by Crippen LogP contribution is -2.46. The number of ether oxygens (including phenoxy) is 2. The van der Waals surface area contributed by atoms with Crippen molar-refractivity contribution in [2.75, 3.05) is 24.7 Å². The van der Waals surface area contributed by atoms with Crippen LogP contribution >= 0.6 is 46.1 Å². The molecule has 0 saturated carbocycles. The second-order valence-corrected chi connectivity index (χ2v) is 23.4. The van der Waals surface area contributed by atoms with E-state index in [4.69, 9.17) is 24.5 Å². The van der Waals surface area contributed by atoms with Gasteiger partial charge in [-0.05, 0) is 123 Å². The number of hydrogen-bond donors (Lipinski definition) is 1. The van der Waals surface area contributed by atoms with Crippen LogP contribution in [0.5, 0.6) is 0 Å². The molecule has 3 aromatic carbocycles. The Bertz CT molecular complexity index is 3190. The maximum Gasteiger partial charge on any atom is 0.494 e. The molecule has 2 N–H and O–H groups in total. The number of carbonyl (C=O) groups excluding carboxylic acids is 1. The maximum atomic E-state index is 15.5. The molecule has 24 heteroatoms. The molecule has 0 bridgehead atoms. The number of aromatic nitrogens is 2. The average Bonchev–Trinajstić information content (AvgIpc) is 4.21. The van der Waals surface area contributed by atoms with Crippen molar-refractivity contribution in [1.29, 1.82) is 0 Å². The predicted octanol–water partition coefficient (Wildman–Crippen LogP) is 13.2. The largest absolute Gasteiger partial charge is 0.494 e. The van der Waals surface area contributed by atoms with Crippen molar-refractivity contribution in [3.05, 3.63) is 164 Å². The van der Waals surface area contributed by atoms with Gasteiger partial charge in [0.1, 0.15) is 28.5 Å². The fourth-order valence-corrected chi connectivity index (χ4v) is 12.3. The Labute approximate surface area is 478 Å². The quantitative estimate of drug-likeness (QED) is 0.0659. The number of pyridine rings is 2. The number of amidine groups is 1. The lowest BCUT2D eigenvalue weighted by Gasteiger charge is -2.37. The van der Waals surface area contributed by atoms with Gasteiger partial charge in [-0.2, -0.15) is 26.3 Å². The molecule has 0 unspecified atom stereocenters. The highest BCUT2D eigenvalue weighted by molar-refractivity contribution is 14.1. The van der Waals surface area contributed by atoms with Gasteiger partial charge in [-0.15, -0.1) is 11.8 Å². The summed E-state index contributed by atoms with van der Waals surface area (Å²) in [7, 11) is -0.837. The number of alkyl halides is 6. The third-order valence-electron chi connectivity index (χ3n) is 14.6. The van der Waals surface area contributed by atoms with Crippen LogP contribution < -0.4 is 11.2 Å². The molecular formula is C56H53BF10IN5O5S2. The topological polar surface area (TPSA) is 131 Å². The summed E-state index contributed by atoms with van der Waals surface area (Å²) in [4.78, 5) is 29.7. The number of aliphatic imine (C=N–C) groups is 2. The fraction of sp³-hybridized carbons (Fsp3) is 0.375. The highest BCUT2D eigenvalue weighted by Crippen LogP contribution is 2.54. The smallest absolute Gasteiger partial charge is 0.399 e. The molecule has 80 heavy (non-hydrogen) atoms. The van der Waals surface area contributed by atoms with E-state index in [1.165, 1.54) is 46.7 Å². The van der Waals surface area contributed by atoms with E-state index < -0.39 is 96.5 Å². The molecule has 0 radical (unpaired) electrons. The van der Waals surface area contributed by atoms with Crippen molar-refractivity contribution in [3.8, 4) is 0 Å². The van der Waals surface area contributed by atoms with Crippen LogP contribution in [0.3, 0.4) is 0 Å². The Morgan fingerprint density at radius 3 is 1.75 bits per heavy atom. The number of thioether (sulfide) groups is 2. The molecule has 5 aliphatic heterocycles. The summed E-state index contributed by atoms with van der Waals surface area (Å²) in [5, 5.41) is 0.403. The number of carbonyl (C=O) groups is 1. The normalized spacial score (nSPS) is 25.3. The van der Waals surface area contributed by atoms with Gasteiger partial charge in [0.2, 0.25) is 0 Å². The summed E-state index contributed by atoms with van der Waals surface area (Å²) < 4.78 is 164. The minimum Gasteiger partial charge on any atom is -0.399 e. The second kappa shape index (κ2) is 24.0. The van der Waals surface area contributed by atoms with Crippen LogP contribution in [0.1, 0.15) is 83.7 Å². The molecule has 0 amide bonds. The van der Waals surface area contributed by atoms with E-state index in [-0.39, 0.29) is 57.1 Å². The lowest BCUT2D eigenvalue weighted by molar-refractivity contribution is -0.215. The molecule has 10 nitrogen and oxygen atoms in total. The highest BCUT2D eigenvalue weighted by Gasteiger charge is 2.64. The van der Waals surface area contributed by atoms with Crippen LogP contribution in [0, 0.1) is 37.3 Å². The van der Waals surface area contributed by atoms with Crippen LogP contribution in [-0.4, -0.2) is 93.6 Å². The third kappa shape index (κ3) is 13.0. The van der Waals surface area contributed by atoms with Gasteiger partial charge in [-0.1, -0.05) is 72.4 Å². The Morgan fingerprint density at radius 2 is 1.23 bits per heavy atom. The summed E-state index contributed by atoms with van der Waals surface area (Å²) in [5.41, 5.74) is 4.64. The van der Waals surface area contributed by atoms with E-state index in [9.17, 15) is 44.3 Å². The number of fused-ring (bicyclic) bond motifs is 2. The van der Waals surface area contributed by atoms with Crippen molar-refractivity contribution >= 4 is 92.4 Å². The zero-order chi connectivity index (χ0) is 58.2. The summed E-state index contributed by atoms with van der Waals surface area (Å²) in [6.45, 7) is 10.3. The predicted molar refractivity (Wildman–Crippen MR) is 300 cm³/mol. The molecule has 0 aliphatic carbocycles. The standard InChI is InChI=1S/C27H28BF4NO4S.C21H18F5N3OS.C8H7FIN/c1-24(2)25(3,4)37-28(36-24)17-10-11-20(29)18(12-17)26-15-35-23(27(30,31)32)19(26)14-38-22(33-26)13-21(34)16-8-6-5-7-9-16;1-11-2-5-17(28-8-11)16(23)7-12-3-4-15(22)13(6-12)20-10-30-18(21(24,25)26)14(20)9-31-19(27)29-20;1-6-2-3-8(11-5-6)7(9)4-10/h5-12,19,23H,13-15H2,1-4H3;2-8,14,18H,9-10H2,1H3,(H2,27,29);2-5H,1H3/b;16-7-;7-4-/t19-,23+,26-;14-,18+,20-;/m11./s1. The van der Waals surface area contributed by atoms with Crippen LogP contribution in [0.15, 0.2) is 117 Å². The van der Waals surface area contributed by atoms with Crippen LogP contribution in [0.2, 0.25) is 0 Å². The van der Waals surface area contributed by atoms with Gasteiger partial charge in [0.25, 0.3) is 0 Å². The summed E-state index contributed by atoms with van der Waals surface area (Å²) in [5.74, 6) is -5.02.